The fourth-order valence-electron chi connectivity index (χ4n) is 3.71. The van der Waals surface area contributed by atoms with Gasteiger partial charge in [-0.3, -0.25) is 0 Å². The minimum Gasteiger partial charge on any atom is -0.507 e. The summed E-state index contributed by atoms with van der Waals surface area (Å²) < 4.78 is 0. The summed E-state index contributed by atoms with van der Waals surface area (Å²) >= 11 is 0. The third kappa shape index (κ3) is 5.90. The third-order valence-electron chi connectivity index (χ3n) is 5.37. The maximum Gasteiger partial charge on any atom is 0.126 e. The highest BCUT2D eigenvalue weighted by atomic mass is 16.3. The van der Waals surface area contributed by atoms with Crippen LogP contribution in [-0.2, 0) is 10.8 Å². The lowest BCUT2D eigenvalue weighted by molar-refractivity contribution is 0.403. The second kappa shape index (κ2) is 8.92. The minimum atomic E-state index is -0.0121. The van der Waals surface area contributed by atoms with Crippen LogP contribution in [0.3, 0.4) is 0 Å². The lowest BCUT2D eigenvalue weighted by Gasteiger charge is -2.31. The number of rotatable bonds is 9. The van der Waals surface area contributed by atoms with E-state index in [1.54, 1.807) is 0 Å². The number of phenols is 1. The Hall–Kier alpha value is -1.24. The van der Waals surface area contributed by atoms with Gasteiger partial charge in [-0.05, 0) is 49.1 Å². The van der Waals surface area contributed by atoms with E-state index in [1.165, 1.54) is 36.8 Å². The van der Waals surface area contributed by atoms with Gasteiger partial charge in [0, 0.05) is 11.1 Å². The van der Waals surface area contributed by atoms with Gasteiger partial charge in [0.2, 0.25) is 0 Å². The van der Waals surface area contributed by atoms with Crippen molar-refractivity contribution in [2.75, 3.05) is 0 Å². The zero-order valence-corrected chi connectivity index (χ0v) is 17.9. The maximum atomic E-state index is 11.0. The molecule has 0 spiro atoms. The van der Waals surface area contributed by atoms with Crippen LogP contribution in [0.5, 0.6) is 5.75 Å². The molecule has 1 rings (SSSR count). The van der Waals surface area contributed by atoms with Gasteiger partial charge in [0.1, 0.15) is 5.75 Å². The maximum absolute atomic E-state index is 11.0. The van der Waals surface area contributed by atoms with E-state index < -0.39 is 0 Å². The lowest BCUT2D eigenvalue weighted by Crippen LogP contribution is -2.22. The van der Waals surface area contributed by atoms with Crippen molar-refractivity contribution < 1.29 is 5.11 Å². The van der Waals surface area contributed by atoms with Crippen LogP contribution in [-0.4, -0.2) is 5.11 Å². The number of aromatic hydroxyl groups is 1. The molecule has 25 heavy (non-hydrogen) atoms. The first-order chi connectivity index (χ1) is 11.5. The number of phenolic OH excluding ortho intramolecular Hbond substituents is 1. The standard InChI is InChI=1S/C24H40O/c1-9-11-12-14-24(7,8)21-17-20(23(5,6)13-10-2)16-19(22(21)25)15-18(3)4/h15-17,25H,9-14H2,1-8H3. The van der Waals surface area contributed by atoms with Crippen LogP contribution in [0.1, 0.15) is 111 Å². The van der Waals surface area contributed by atoms with Gasteiger partial charge in [-0.15, -0.1) is 0 Å². The highest BCUT2D eigenvalue weighted by Gasteiger charge is 2.28. The van der Waals surface area contributed by atoms with Crippen LogP contribution in [0, 0.1) is 0 Å². The van der Waals surface area contributed by atoms with Crippen LogP contribution in [0.4, 0.5) is 0 Å². The van der Waals surface area contributed by atoms with Crippen molar-refractivity contribution in [3.05, 3.63) is 34.4 Å². The summed E-state index contributed by atoms with van der Waals surface area (Å²) in [5.74, 6) is 0.471. The second-order valence-corrected chi connectivity index (χ2v) is 9.16. The molecule has 0 aliphatic carbocycles. The largest absolute Gasteiger partial charge is 0.507 e. The Balaban J connectivity index is 3.47. The highest BCUT2D eigenvalue weighted by molar-refractivity contribution is 5.64. The molecule has 0 radical (unpaired) electrons. The minimum absolute atomic E-state index is 0.0121. The van der Waals surface area contributed by atoms with E-state index in [-0.39, 0.29) is 10.8 Å². The number of hydrogen-bond donors (Lipinski definition) is 1. The molecule has 1 aromatic carbocycles. The SMILES string of the molecule is CCCCCC(C)(C)c1cc(C(C)(C)CCC)cc(C=C(C)C)c1O. The van der Waals surface area contributed by atoms with Crippen molar-refractivity contribution >= 4 is 6.08 Å². The van der Waals surface area contributed by atoms with Gasteiger partial charge in [-0.1, -0.05) is 84.9 Å². The molecule has 0 aliphatic rings. The van der Waals surface area contributed by atoms with Crippen molar-refractivity contribution in [1.29, 1.82) is 0 Å². The average Bonchev–Trinajstić information content (AvgIpc) is 2.48. The van der Waals surface area contributed by atoms with Crippen molar-refractivity contribution in [1.82, 2.24) is 0 Å². The van der Waals surface area contributed by atoms with E-state index in [2.05, 4.69) is 73.6 Å². The van der Waals surface area contributed by atoms with Gasteiger partial charge in [-0.2, -0.15) is 0 Å². The summed E-state index contributed by atoms with van der Waals surface area (Å²) in [7, 11) is 0. The second-order valence-electron chi connectivity index (χ2n) is 9.16. The molecule has 142 valence electrons. The highest BCUT2D eigenvalue weighted by Crippen LogP contribution is 2.42. The smallest absolute Gasteiger partial charge is 0.126 e. The molecular weight excluding hydrogens is 304 g/mol. The Labute approximate surface area is 156 Å². The van der Waals surface area contributed by atoms with Crippen molar-refractivity contribution in [3.63, 3.8) is 0 Å². The Morgan fingerprint density at radius 2 is 1.56 bits per heavy atom. The summed E-state index contributed by atoms with van der Waals surface area (Å²) in [6.07, 6.45) is 9.25. The van der Waals surface area contributed by atoms with Crippen LogP contribution in [0.15, 0.2) is 17.7 Å². The van der Waals surface area contributed by atoms with Crippen LogP contribution in [0.25, 0.3) is 6.08 Å². The molecule has 0 aromatic heterocycles. The number of allylic oxidation sites excluding steroid dienone is 1. The van der Waals surface area contributed by atoms with Crippen LogP contribution >= 0.6 is 0 Å². The van der Waals surface area contributed by atoms with Gasteiger partial charge in [0.25, 0.3) is 0 Å². The van der Waals surface area contributed by atoms with E-state index in [4.69, 9.17) is 0 Å². The predicted octanol–water partition coefficient (Wildman–Crippen LogP) is 7.75. The van der Waals surface area contributed by atoms with Gasteiger partial charge < -0.3 is 5.11 Å². The molecule has 1 aromatic rings. The quantitative estimate of drug-likeness (QED) is 0.454. The summed E-state index contributed by atoms with van der Waals surface area (Å²) in [4.78, 5) is 0. The zero-order valence-electron chi connectivity index (χ0n) is 17.9. The Bertz CT molecular complexity index is 586. The topological polar surface area (TPSA) is 20.2 Å². The molecule has 0 fully saturated rings. The summed E-state index contributed by atoms with van der Waals surface area (Å²) in [6, 6.07) is 4.48. The van der Waals surface area contributed by atoms with E-state index >= 15 is 0 Å². The number of benzene rings is 1. The Kier molecular flexibility index (Phi) is 7.78. The molecule has 1 heteroatoms. The summed E-state index contributed by atoms with van der Waals surface area (Å²) in [5.41, 5.74) is 4.76. The monoisotopic (exact) mass is 344 g/mol. The van der Waals surface area contributed by atoms with Gasteiger partial charge in [0.05, 0.1) is 0 Å². The van der Waals surface area contributed by atoms with Crippen LogP contribution < -0.4 is 0 Å². The first kappa shape index (κ1) is 21.8. The van der Waals surface area contributed by atoms with E-state index in [0.29, 0.717) is 5.75 Å². The molecule has 0 saturated heterocycles. The molecule has 1 nitrogen and oxygen atoms in total. The van der Waals surface area contributed by atoms with E-state index in [0.717, 1.165) is 24.0 Å². The van der Waals surface area contributed by atoms with Crippen LogP contribution in [0.2, 0.25) is 0 Å². The molecule has 0 saturated carbocycles. The number of unbranched alkanes of at least 4 members (excludes halogenated alkanes) is 2. The zero-order chi connectivity index (χ0) is 19.3. The fourth-order valence-corrected chi connectivity index (χ4v) is 3.71. The summed E-state index contributed by atoms with van der Waals surface area (Å²) in [5, 5.41) is 11.0. The van der Waals surface area contributed by atoms with Crippen molar-refractivity contribution in [3.8, 4) is 5.75 Å². The first-order valence-corrected chi connectivity index (χ1v) is 10.1. The van der Waals surface area contributed by atoms with Crippen molar-refractivity contribution in [2.45, 2.75) is 105 Å². The molecule has 0 unspecified atom stereocenters. The molecule has 0 bridgehead atoms. The first-order valence-electron chi connectivity index (χ1n) is 10.1. The molecule has 0 amide bonds. The molecule has 1 N–H and O–H groups in total. The van der Waals surface area contributed by atoms with Crippen molar-refractivity contribution in [2.24, 2.45) is 0 Å². The van der Waals surface area contributed by atoms with Gasteiger partial charge in [-0.25, -0.2) is 0 Å². The molecular formula is C24H40O. The normalized spacial score (nSPS) is 12.3. The predicted molar refractivity (Wildman–Crippen MR) is 113 cm³/mol. The van der Waals surface area contributed by atoms with E-state index in [9.17, 15) is 5.11 Å². The third-order valence-corrected chi connectivity index (χ3v) is 5.37. The lowest BCUT2D eigenvalue weighted by atomic mass is 9.73. The van der Waals surface area contributed by atoms with Gasteiger partial charge in [0.15, 0.2) is 0 Å². The summed E-state index contributed by atoms with van der Waals surface area (Å²) in [6.45, 7) is 17.9. The van der Waals surface area contributed by atoms with Gasteiger partial charge >= 0.3 is 0 Å². The Morgan fingerprint density at radius 3 is 2.08 bits per heavy atom. The average molecular weight is 345 g/mol. The van der Waals surface area contributed by atoms with E-state index in [1.807, 2.05) is 0 Å². The Morgan fingerprint density at radius 1 is 0.920 bits per heavy atom. The molecule has 0 heterocycles. The number of hydrogen-bond acceptors (Lipinski definition) is 1. The molecule has 0 atom stereocenters. The molecule has 0 aliphatic heterocycles. The fraction of sp³-hybridized carbons (Fsp3) is 0.667.